The highest BCUT2D eigenvalue weighted by atomic mass is 31.2. The highest BCUT2D eigenvalue weighted by Crippen LogP contribution is 2.49. The monoisotopic (exact) mass is 641 g/mol. The largest absolute Gasteiger partial charge is 0.462 e. The molecule has 1 aliphatic heterocycles. The molecule has 0 unspecified atom stereocenters. The van der Waals surface area contributed by atoms with Gasteiger partial charge in [0.1, 0.15) is 24.0 Å². The van der Waals surface area contributed by atoms with Gasteiger partial charge in [0, 0.05) is 12.4 Å². The van der Waals surface area contributed by atoms with Crippen LogP contribution in [0.25, 0.3) is 21.9 Å². The average Bonchev–Trinajstić information content (AvgIpc) is 3.53. The van der Waals surface area contributed by atoms with Gasteiger partial charge in [0.25, 0.3) is 0 Å². The number of imidazole rings is 1. The van der Waals surface area contributed by atoms with E-state index in [0.29, 0.717) is 5.39 Å². The number of carbonyl (C=O) groups excluding carboxylic acids is 1. The van der Waals surface area contributed by atoms with E-state index in [1.807, 2.05) is 24.1 Å². The normalized spacial score (nSPS) is 23.5. The Balaban J connectivity index is 1.44. The lowest BCUT2D eigenvalue weighted by Crippen LogP contribution is -2.42. The van der Waals surface area contributed by atoms with Gasteiger partial charge in [-0.1, -0.05) is 42.3 Å². The zero-order valence-electron chi connectivity index (χ0n) is 24.9. The van der Waals surface area contributed by atoms with Gasteiger partial charge in [-0.05, 0) is 32.2 Å². The second-order valence-corrected chi connectivity index (χ2v) is 12.3. The molecule has 2 aromatic heterocycles. The van der Waals surface area contributed by atoms with Gasteiger partial charge in [0.2, 0.25) is 11.6 Å². The van der Waals surface area contributed by atoms with E-state index in [9.17, 15) is 14.5 Å². The number of nitrogens with two attached hydrogens (primary N) is 1. The van der Waals surface area contributed by atoms with Crippen LogP contribution in [0.15, 0.2) is 48.8 Å². The van der Waals surface area contributed by atoms with Gasteiger partial charge in [0.05, 0.1) is 19.0 Å². The molecule has 6 atom stereocenters. The number of alkyl halides is 1. The van der Waals surface area contributed by atoms with Crippen LogP contribution in [0.5, 0.6) is 5.75 Å². The average molecular weight is 642 g/mol. The smallest absolute Gasteiger partial charge is 0.459 e. The van der Waals surface area contributed by atoms with Crippen molar-refractivity contribution in [3.8, 4) is 18.1 Å². The Morgan fingerprint density at radius 1 is 1.27 bits per heavy atom. The van der Waals surface area contributed by atoms with E-state index < -0.39 is 56.6 Å². The van der Waals surface area contributed by atoms with Crippen molar-refractivity contribution < 1.29 is 37.4 Å². The van der Waals surface area contributed by atoms with Gasteiger partial charge >= 0.3 is 13.7 Å². The van der Waals surface area contributed by atoms with E-state index >= 15 is 4.39 Å². The summed E-state index contributed by atoms with van der Waals surface area (Å²) in [7, 11) is -2.85. The Hall–Kier alpha value is -4.32. The standard InChI is InChI=1S/C29H33FN7O7P/c1-6-29(30)23(38)21(43-27(29)37-15-33-22-24(32-5)34-28(31)35-25(22)37)14-41-45(40,36-17(4)26(39)42-16(2)3)44-20-13-9-11-18-10-7-8-12-19(18)20/h1,7-13,15-17,21,23,27,38H,14H2,2-5H3,(H,36,40)(H3,31,32,34,35)/t17-,21+,23+,27+,29+,45+/m0/s1. The van der Waals surface area contributed by atoms with E-state index in [1.54, 1.807) is 45.2 Å². The first-order chi connectivity index (χ1) is 21.4. The molecule has 3 heterocycles. The molecule has 4 aromatic rings. The van der Waals surface area contributed by atoms with Crippen LogP contribution in [-0.2, 0) is 23.4 Å². The number of aliphatic hydroxyl groups is 1. The molecule has 1 fully saturated rings. The molecule has 2 aromatic carbocycles. The Morgan fingerprint density at radius 3 is 2.71 bits per heavy atom. The molecule has 5 N–H and O–H groups in total. The first-order valence-corrected chi connectivity index (χ1v) is 15.5. The number of nitrogens with one attached hydrogen (secondary N) is 2. The molecule has 0 aliphatic carbocycles. The minimum absolute atomic E-state index is 0.0898. The maximum Gasteiger partial charge on any atom is 0.459 e. The van der Waals surface area contributed by atoms with Gasteiger partial charge in [-0.2, -0.15) is 15.1 Å². The van der Waals surface area contributed by atoms with Gasteiger partial charge < -0.3 is 30.2 Å². The number of esters is 1. The molecule has 14 nitrogen and oxygen atoms in total. The number of nitrogens with zero attached hydrogens (tertiary/aromatic N) is 4. The minimum atomic E-state index is -4.45. The number of halogens is 1. The van der Waals surface area contributed by atoms with Gasteiger partial charge in [0.15, 0.2) is 23.2 Å². The Bertz CT molecular complexity index is 1810. The van der Waals surface area contributed by atoms with E-state index in [-0.39, 0.29) is 28.7 Å². The molecular formula is C29H33FN7O7P. The zero-order valence-corrected chi connectivity index (χ0v) is 25.8. The maximum absolute atomic E-state index is 16.3. The topological polar surface area (TPSA) is 185 Å². The third-order valence-corrected chi connectivity index (χ3v) is 8.66. The second kappa shape index (κ2) is 12.6. The molecule has 238 valence electrons. The molecule has 0 amide bonds. The predicted molar refractivity (Wildman–Crippen MR) is 164 cm³/mol. The Morgan fingerprint density at radius 2 is 2.00 bits per heavy atom. The SMILES string of the molecule is C#C[C@@]1(F)[C@H](O)[C@@H](CO[P@](=O)(N[C@@H](C)C(=O)OC(C)C)Oc2cccc3ccccc23)O[C@H]1n1cnc2c(NC)nc(N)nc21. The van der Waals surface area contributed by atoms with E-state index in [4.69, 9.17) is 30.7 Å². The number of carbonyl (C=O) groups is 1. The first kappa shape index (κ1) is 32.1. The number of nitrogen functional groups attached to an aromatic ring is 1. The fourth-order valence-corrected chi connectivity index (χ4v) is 6.40. The molecular weight excluding hydrogens is 608 g/mol. The fourth-order valence-electron chi connectivity index (χ4n) is 4.88. The van der Waals surface area contributed by atoms with Crippen LogP contribution in [0.4, 0.5) is 16.2 Å². The zero-order chi connectivity index (χ0) is 32.5. The predicted octanol–water partition coefficient (Wildman–Crippen LogP) is 3.34. The molecule has 16 heteroatoms. The number of anilines is 2. The molecule has 0 spiro atoms. The lowest BCUT2D eigenvalue weighted by Gasteiger charge is -2.25. The molecule has 0 radical (unpaired) electrons. The molecule has 1 saturated heterocycles. The number of fused-ring (bicyclic) bond motifs is 2. The summed E-state index contributed by atoms with van der Waals surface area (Å²) in [5.41, 5.74) is 3.37. The summed E-state index contributed by atoms with van der Waals surface area (Å²) < 4.78 is 54.5. The number of aliphatic hydroxyl groups excluding tert-OH is 1. The summed E-state index contributed by atoms with van der Waals surface area (Å²) in [5, 5.41) is 17.9. The molecule has 5 rings (SSSR count). The van der Waals surface area contributed by atoms with Crippen molar-refractivity contribution in [2.24, 2.45) is 0 Å². The van der Waals surface area contributed by atoms with E-state index in [2.05, 4.69) is 25.4 Å². The first-order valence-electron chi connectivity index (χ1n) is 14.0. The number of ether oxygens (including phenoxy) is 2. The fraction of sp³-hybridized carbons (Fsp3) is 0.379. The maximum atomic E-state index is 16.3. The summed E-state index contributed by atoms with van der Waals surface area (Å²) in [6.45, 7) is 4.09. The van der Waals surface area contributed by atoms with Crippen molar-refractivity contribution in [2.75, 3.05) is 24.7 Å². The molecule has 0 saturated carbocycles. The van der Waals surface area contributed by atoms with Crippen LogP contribution in [0.1, 0.15) is 27.0 Å². The summed E-state index contributed by atoms with van der Waals surface area (Å²) in [5.74, 6) is 1.60. The van der Waals surface area contributed by atoms with Crippen LogP contribution in [-0.4, -0.2) is 74.3 Å². The number of terminal acetylenes is 1. The highest BCUT2D eigenvalue weighted by molar-refractivity contribution is 7.52. The lowest BCUT2D eigenvalue weighted by atomic mass is 9.97. The third kappa shape index (κ3) is 6.28. The second-order valence-electron chi connectivity index (χ2n) is 10.6. The Labute approximate surface area is 258 Å². The lowest BCUT2D eigenvalue weighted by molar-refractivity contribution is -0.149. The minimum Gasteiger partial charge on any atom is -0.462 e. The number of rotatable bonds is 11. The van der Waals surface area contributed by atoms with Crippen molar-refractivity contribution in [1.29, 1.82) is 0 Å². The van der Waals surface area contributed by atoms with Gasteiger partial charge in [-0.25, -0.2) is 13.9 Å². The van der Waals surface area contributed by atoms with Crippen molar-refractivity contribution in [3.63, 3.8) is 0 Å². The van der Waals surface area contributed by atoms with Crippen LogP contribution >= 0.6 is 7.75 Å². The molecule has 45 heavy (non-hydrogen) atoms. The number of hydrogen-bond donors (Lipinski definition) is 4. The van der Waals surface area contributed by atoms with Gasteiger partial charge in [-0.3, -0.25) is 13.9 Å². The van der Waals surface area contributed by atoms with E-state index in [0.717, 1.165) is 5.39 Å². The van der Waals surface area contributed by atoms with Crippen molar-refractivity contribution >= 4 is 47.4 Å². The van der Waals surface area contributed by atoms with Crippen molar-refractivity contribution in [1.82, 2.24) is 24.6 Å². The number of benzene rings is 2. The summed E-state index contributed by atoms with van der Waals surface area (Å²) in [6.07, 6.45) is 1.31. The summed E-state index contributed by atoms with van der Waals surface area (Å²) in [4.78, 5) is 25.0. The van der Waals surface area contributed by atoms with Gasteiger partial charge in [-0.15, -0.1) is 6.42 Å². The molecule has 1 aliphatic rings. The quantitative estimate of drug-likeness (QED) is 0.106. The van der Waals surface area contributed by atoms with Crippen LogP contribution in [0.2, 0.25) is 0 Å². The summed E-state index contributed by atoms with van der Waals surface area (Å²) in [6, 6.07) is 11.2. The van der Waals surface area contributed by atoms with Crippen molar-refractivity contribution in [2.45, 2.75) is 57.0 Å². The van der Waals surface area contributed by atoms with Crippen molar-refractivity contribution in [3.05, 3.63) is 48.8 Å². The Kier molecular flexibility index (Phi) is 8.97. The van der Waals surface area contributed by atoms with E-state index in [1.165, 1.54) is 17.8 Å². The number of hydrogen-bond acceptors (Lipinski definition) is 12. The molecule has 0 bridgehead atoms. The van der Waals surface area contributed by atoms with Crippen LogP contribution in [0.3, 0.4) is 0 Å². The third-order valence-electron chi connectivity index (χ3n) is 7.03. The highest BCUT2D eigenvalue weighted by Gasteiger charge is 2.58. The van der Waals surface area contributed by atoms with Crippen LogP contribution in [0, 0.1) is 12.3 Å². The number of aromatic nitrogens is 4. The summed E-state index contributed by atoms with van der Waals surface area (Å²) >= 11 is 0. The van der Waals surface area contributed by atoms with Crippen LogP contribution < -0.4 is 20.7 Å².